The van der Waals surface area contributed by atoms with Crippen molar-refractivity contribution in [1.82, 2.24) is 19.9 Å². The summed E-state index contributed by atoms with van der Waals surface area (Å²) in [5.41, 5.74) is 1.83. The molecule has 3 heterocycles. The predicted molar refractivity (Wildman–Crippen MR) is 112 cm³/mol. The van der Waals surface area contributed by atoms with Gasteiger partial charge in [-0.1, -0.05) is 6.07 Å². The molecule has 0 aliphatic rings. The monoisotopic (exact) mass is 461 g/mol. The van der Waals surface area contributed by atoms with E-state index in [1.807, 2.05) is 23.6 Å². The molecular weight excluding hydrogens is 442 g/mol. The molecule has 0 atom stereocenters. The summed E-state index contributed by atoms with van der Waals surface area (Å²) in [7, 11) is 0. The molecule has 0 bridgehead atoms. The molecule has 0 spiro atoms. The molecule has 0 aromatic carbocycles. The molecule has 7 nitrogen and oxygen atoms in total. The van der Waals surface area contributed by atoms with E-state index in [2.05, 4.69) is 41.2 Å². The number of nitrogens with zero attached hydrogens (tertiary/aromatic N) is 4. The quantitative estimate of drug-likeness (QED) is 0.373. The Morgan fingerprint density at radius 1 is 1.21 bits per heavy atom. The number of aryl methyl sites for hydroxylation is 1. The second-order valence-electron chi connectivity index (χ2n) is 5.84. The zero-order valence-electron chi connectivity index (χ0n) is 15.4. The molecule has 0 aliphatic heterocycles. The summed E-state index contributed by atoms with van der Waals surface area (Å²) in [6.07, 6.45) is 6.19. The SMILES string of the molecule is CCOC(=O)c1ncc(Br)c(NCCCCc2nc(-c3ccccn3)cs2)n1. The standard InChI is InChI=1S/C19H20BrN5O2S/c1-2-27-19(26)18-23-11-13(20)17(25-18)22-10-6-4-8-16-24-15(12-28-16)14-7-3-5-9-21-14/h3,5,7,9,11-12H,2,4,6,8,10H2,1H3,(H,22,23,25). The van der Waals surface area contributed by atoms with E-state index in [1.165, 1.54) is 0 Å². The van der Waals surface area contributed by atoms with Crippen molar-refractivity contribution < 1.29 is 9.53 Å². The molecule has 3 aromatic rings. The minimum atomic E-state index is -0.523. The first-order valence-corrected chi connectivity index (χ1v) is 10.6. The number of pyridine rings is 1. The molecule has 28 heavy (non-hydrogen) atoms. The van der Waals surface area contributed by atoms with E-state index in [-0.39, 0.29) is 5.82 Å². The minimum Gasteiger partial charge on any atom is -0.460 e. The van der Waals surface area contributed by atoms with Crippen LogP contribution in [-0.2, 0) is 11.2 Å². The molecule has 0 unspecified atom stereocenters. The predicted octanol–water partition coefficient (Wildman–Crippen LogP) is 4.37. The van der Waals surface area contributed by atoms with Gasteiger partial charge < -0.3 is 10.1 Å². The molecule has 0 saturated carbocycles. The van der Waals surface area contributed by atoms with Crippen LogP contribution in [-0.4, -0.2) is 39.1 Å². The smallest absolute Gasteiger partial charge is 0.376 e. The van der Waals surface area contributed by atoms with E-state index in [0.29, 0.717) is 16.9 Å². The number of carbonyl (C=O) groups is 1. The topological polar surface area (TPSA) is 89.9 Å². The largest absolute Gasteiger partial charge is 0.460 e. The molecule has 9 heteroatoms. The molecule has 146 valence electrons. The van der Waals surface area contributed by atoms with Gasteiger partial charge >= 0.3 is 5.97 Å². The summed E-state index contributed by atoms with van der Waals surface area (Å²) >= 11 is 5.06. The first kappa shape index (κ1) is 20.3. The number of esters is 1. The van der Waals surface area contributed by atoms with Crippen LogP contribution in [0.15, 0.2) is 40.4 Å². The number of anilines is 1. The molecule has 3 rings (SSSR count). The Balaban J connectivity index is 1.46. The fourth-order valence-corrected chi connectivity index (χ4v) is 3.62. The Bertz CT molecular complexity index is 920. The van der Waals surface area contributed by atoms with E-state index in [4.69, 9.17) is 4.74 Å². The second kappa shape index (κ2) is 10.2. The van der Waals surface area contributed by atoms with Crippen molar-refractivity contribution in [1.29, 1.82) is 0 Å². The summed E-state index contributed by atoms with van der Waals surface area (Å²) in [5.74, 6) is 0.118. The molecule has 0 saturated heterocycles. The van der Waals surface area contributed by atoms with Crippen LogP contribution in [0.25, 0.3) is 11.4 Å². The van der Waals surface area contributed by atoms with Gasteiger partial charge in [0.15, 0.2) is 0 Å². The van der Waals surface area contributed by atoms with Crippen LogP contribution in [0, 0.1) is 0 Å². The van der Waals surface area contributed by atoms with Gasteiger partial charge in [-0.3, -0.25) is 4.98 Å². The van der Waals surface area contributed by atoms with Gasteiger partial charge in [-0.15, -0.1) is 11.3 Å². The van der Waals surface area contributed by atoms with Crippen molar-refractivity contribution in [3.8, 4) is 11.4 Å². The molecule has 0 aliphatic carbocycles. The Morgan fingerprint density at radius 3 is 2.89 bits per heavy atom. The lowest BCUT2D eigenvalue weighted by Crippen LogP contribution is -2.12. The Kier molecular flexibility index (Phi) is 7.44. The van der Waals surface area contributed by atoms with Gasteiger partial charge in [0.1, 0.15) is 5.82 Å². The zero-order valence-corrected chi connectivity index (χ0v) is 17.8. The first-order chi connectivity index (χ1) is 13.7. The summed E-state index contributed by atoms with van der Waals surface area (Å²) in [6, 6.07) is 5.83. The maximum Gasteiger partial charge on any atom is 0.376 e. The van der Waals surface area contributed by atoms with Crippen molar-refractivity contribution >= 4 is 39.1 Å². The number of ether oxygens (including phenoxy) is 1. The lowest BCUT2D eigenvalue weighted by Gasteiger charge is -2.08. The molecular formula is C19H20BrN5O2S. The fourth-order valence-electron chi connectivity index (χ4n) is 2.45. The van der Waals surface area contributed by atoms with E-state index in [9.17, 15) is 4.79 Å². The maximum absolute atomic E-state index is 11.7. The number of halogens is 1. The van der Waals surface area contributed by atoms with Crippen LogP contribution in [0.1, 0.15) is 35.4 Å². The number of hydrogen-bond acceptors (Lipinski definition) is 8. The van der Waals surface area contributed by atoms with E-state index >= 15 is 0 Å². The van der Waals surface area contributed by atoms with Gasteiger partial charge in [0, 0.05) is 24.3 Å². The summed E-state index contributed by atoms with van der Waals surface area (Å²) in [6.45, 7) is 2.77. The molecule has 0 radical (unpaired) electrons. The fraction of sp³-hybridized carbons (Fsp3) is 0.316. The van der Waals surface area contributed by atoms with Crippen LogP contribution in [0.5, 0.6) is 0 Å². The lowest BCUT2D eigenvalue weighted by atomic mass is 10.2. The van der Waals surface area contributed by atoms with Crippen LogP contribution >= 0.6 is 27.3 Å². The average Bonchev–Trinajstić information content (AvgIpc) is 3.19. The van der Waals surface area contributed by atoms with Crippen LogP contribution in [0.4, 0.5) is 5.82 Å². The number of rotatable bonds is 9. The first-order valence-electron chi connectivity index (χ1n) is 8.96. The summed E-state index contributed by atoms with van der Waals surface area (Å²) in [5, 5.41) is 6.39. The third kappa shape index (κ3) is 5.56. The van der Waals surface area contributed by atoms with Gasteiger partial charge in [-0.25, -0.2) is 19.7 Å². The molecule has 1 N–H and O–H groups in total. The number of aromatic nitrogens is 4. The van der Waals surface area contributed by atoms with Crippen LogP contribution in [0.3, 0.4) is 0 Å². The van der Waals surface area contributed by atoms with E-state index in [0.717, 1.165) is 42.2 Å². The van der Waals surface area contributed by atoms with Crippen LogP contribution in [0.2, 0.25) is 0 Å². The maximum atomic E-state index is 11.7. The lowest BCUT2D eigenvalue weighted by molar-refractivity contribution is 0.0512. The Labute approximate surface area is 175 Å². The van der Waals surface area contributed by atoms with E-state index < -0.39 is 5.97 Å². The van der Waals surface area contributed by atoms with Crippen molar-refractivity contribution in [3.05, 3.63) is 51.3 Å². The highest BCUT2D eigenvalue weighted by Gasteiger charge is 2.13. The molecule has 0 fully saturated rings. The van der Waals surface area contributed by atoms with E-state index in [1.54, 1.807) is 30.7 Å². The average molecular weight is 462 g/mol. The van der Waals surface area contributed by atoms with Crippen molar-refractivity contribution in [2.24, 2.45) is 0 Å². The van der Waals surface area contributed by atoms with Gasteiger partial charge in [0.2, 0.25) is 5.82 Å². The zero-order chi connectivity index (χ0) is 19.8. The molecule has 3 aromatic heterocycles. The Morgan fingerprint density at radius 2 is 2.11 bits per heavy atom. The number of nitrogens with one attached hydrogen (secondary N) is 1. The minimum absolute atomic E-state index is 0.0531. The third-order valence-electron chi connectivity index (χ3n) is 3.79. The van der Waals surface area contributed by atoms with Crippen LogP contribution < -0.4 is 5.32 Å². The number of carbonyl (C=O) groups excluding carboxylic acids is 1. The third-order valence-corrected chi connectivity index (χ3v) is 5.28. The summed E-state index contributed by atoms with van der Waals surface area (Å²) < 4.78 is 5.64. The number of thiazole rings is 1. The van der Waals surface area contributed by atoms with Crippen molar-refractivity contribution in [2.45, 2.75) is 26.2 Å². The normalized spacial score (nSPS) is 10.6. The van der Waals surface area contributed by atoms with Gasteiger partial charge in [-0.05, 0) is 54.2 Å². The van der Waals surface area contributed by atoms with Gasteiger partial charge in [-0.2, -0.15) is 0 Å². The second-order valence-corrected chi connectivity index (χ2v) is 7.63. The van der Waals surface area contributed by atoms with Crippen molar-refractivity contribution in [3.63, 3.8) is 0 Å². The highest BCUT2D eigenvalue weighted by atomic mass is 79.9. The van der Waals surface area contributed by atoms with Gasteiger partial charge in [0.05, 0.1) is 27.5 Å². The molecule has 0 amide bonds. The van der Waals surface area contributed by atoms with Crippen molar-refractivity contribution in [2.75, 3.05) is 18.5 Å². The Hall–Kier alpha value is -2.39. The highest BCUT2D eigenvalue weighted by Crippen LogP contribution is 2.21. The highest BCUT2D eigenvalue weighted by molar-refractivity contribution is 9.10. The summed E-state index contributed by atoms with van der Waals surface area (Å²) in [4.78, 5) is 28.9. The number of hydrogen-bond donors (Lipinski definition) is 1. The van der Waals surface area contributed by atoms with Gasteiger partial charge in [0.25, 0.3) is 0 Å². The number of unbranched alkanes of at least 4 members (excludes halogenated alkanes) is 1.